The summed E-state index contributed by atoms with van der Waals surface area (Å²) < 4.78 is 12.9. The number of hydrogen-bond acceptors (Lipinski definition) is 2. The number of benzene rings is 2. The second kappa shape index (κ2) is 5.71. The first kappa shape index (κ1) is 13.4. The molecule has 0 aliphatic rings. The van der Waals surface area contributed by atoms with Gasteiger partial charge in [0, 0.05) is 22.8 Å². The van der Waals surface area contributed by atoms with Crippen LogP contribution in [-0.2, 0) is 6.54 Å². The molecule has 3 nitrogen and oxygen atoms in total. The predicted molar refractivity (Wildman–Crippen MR) is 73.7 cm³/mol. The molecule has 2 aromatic rings. The minimum Gasteiger partial charge on any atom is -0.381 e. The van der Waals surface area contributed by atoms with Gasteiger partial charge in [0.25, 0.3) is 0 Å². The Balaban J connectivity index is 2.10. The molecule has 1 amide bonds. The summed E-state index contributed by atoms with van der Waals surface area (Å²) in [5, 5.41) is 3.46. The molecule has 0 radical (unpaired) electrons. The Bertz CT molecular complexity index is 616. The summed E-state index contributed by atoms with van der Waals surface area (Å²) in [5.41, 5.74) is 7.15. The number of nitrogens with two attached hydrogens (primary N) is 1. The molecule has 5 heteroatoms. The highest BCUT2D eigenvalue weighted by Gasteiger charge is 2.04. The van der Waals surface area contributed by atoms with Crippen molar-refractivity contribution in [1.29, 1.82) is 0 Å². The van der Waals surface area contributed by atoms with Gasteiger partial charge in [-0.05, 0) is 35.9 Å². The number of hydrogen-bond donors (Lipinski definition) is 2. The fraction of sp³-hybridized carbons (Fsp3) is 0.0714. The maximum atomic E-state index is 12.9. The van der Waals surface area contributed by atoms with Crippen LogP contribution in [0.5, 0.6) is 0 Å². The summed E-state index contributed by atoms with van der Waals surface area (Å²) in [4.78, 5) is 11.1. The van der Waals surface area contributed by atoms with E-state index in [4.69, 9.17) is 17.3 Å². The molecule has 0 aliphatic carbocycles. The maximum Gasteiger partial charge on any atom is 0.248 e. The molecule has 0 aliphatic heterocycles. The Morgan fingerprint density at radius 2 is 2.05 bits per heavy atom. The zero-order chi connectivity index (χ0) is 13.8. The summed E-state index contributed by atoms with van der Waals surface area (Å²) >= 11 is 5.92. The van der Waals surface area contributed by atoms with E-state index >= 15 is 0 Å². The molecule has 0 fully saturated rings. The molecule has 2 rings (SSSR count). The molecule has 0 aromatic heterocycles. The van der Waals surface area contributed by atoms with Crippen molar-refractivity contribution in [2.45, 2.75) is 6.54 Å². The molecule has 0 saturated carbocycles. The maximum absolute atomic E-state index is 12.9. The Hall–Kier alpha value is -2.07. The Labute approximate surface area is 115 Å². The molecular weight excluding hydrogens is 267 g/mol. The van der Waals surface area contributed by atoms with Gasteiger partial charge in [0.2, 0.25) is 5.91 Å². The van der Waals surface area contributed by atoms with Crippen molar-refractivity contribution in [3.63, 3.8) is 0 Å². The molecule has 0 saturated heterocycles. The summed E-state index contributed by atoms with van der Waals surface area (Å²) in [6.45, 7) is 0.432. The van der Waals surface area contributed by atoms with Crippen LogP contribution in [0.2, 0.25) is 5.02 Å². The SMILES string of the molecule is NC(=O)c1cccc(NCc2ccc(F)cc2Cl)c1. The molecule has 0 heterocycles. The third kappa shape index (κ3) is 3.45. The molecule has 0 unspecified atom stereocenters. The van der Waals surface area contributed by atoms with Crippen molar-refractivity contribution in [3.05, 3.63) is 64.4 Å². The molecule has 19 heavy (non-hydrogen) atoms. The van der Waals surface area contributed by atoms with Crippen molar-refractivity contribution in [2.24, 2.45) is 5.73 Å². The average molecular weight is 279 g/mol. The van der Waals surface area contributed by atoms with Crippen LogP contribution in [0.3, 0.4) is 0 Å². The number of primary amides is 1. The monoisotopic (exact) mass is 278 g/mol. The third-order valence-electron chi connectivity index (χ3n) is 2.65. The first-order valence-electron chi connectivity index (χ1n) is 5.64. The van der Waals surface area contributed by atoms with Crippen LogP contribution in [-0.4, -0.2) is 5.91 Å². The van der Waals surface area contributed by atoms with Gasteiger partial charge in [-0.15, -0.1) is 0 Å². The molecule has 98 valence electrons. The van der Waals surface area contributed by atoms with Gasteiger partial charge in [0.1, 0.15) is 5.82 Å². The third-order valence-corrected chi connectivity index (χ3v) is 3.00. The van der Waals surface area contributed by atoms with E-state index in [1.165, 1.54) is 12.1 Å². The fourth-order valence-electron chi connectivity index (χ4n) is 1.64. The van der Waals surface area contributed by atoms with Crippen molar-refractivity contribution < 1.29 is 9.18 Å². The Morgan fingerprint density at radius 3 is 2.74 bits per heavy atom. The van der Waals surface area contributed by atoms with E-state index in [1.54, 1.807) is 24.3 Å². The van der Waals surface area contributed by atoms with Crippen LogP contribution in [0.25, 0.3) is 0 Å². The van der Waals surface area contributed by atoms with Crippen LogP contribution in [0.15, 0.2) is 42.5 Å². The smallest absolute Gasteiger partial charge is 0.248 e. The lowest BCUT2D eigenvalue weighted by atomic mass is 10.1. The number of carbonyl (C=O) groups excluding carboxylic acids is 1. The second-order valence-electron chi connectivity index (χ2n) is 4.03. The van der Waals surface area contributed by atoms with Gasteiger partial charge in [0.15, 0.2) is 0 Å². The minimum absolute atomic E-state index is 0.360. The van der Waals surface area contributed by atoms with E-state index < -0.39 is 5.91 Å². The molecular formula is C14H12ClFN2O. The highest BCUT2D eigenvalue weighted by Crippen LogP contribution is 2.19. The van der Waals surface area contributed by atoms with Crippen molar-refractivity contribution >= 4 is 23.2 Å². The summed E-state index contributed by atoms with van der Waals surface area (Å²) in [6, 6.07) is 11.1. The summed E-state index contributed by atoms with van der Waals surface area (Å²) in [7, 11) is 0. The molecule has 2 aromatic carbocycles. The summed E-state index contributed by atoms with van der Waals surface area (Å²) in [6.07, 6.45) is 0. The van der Waals surface area contributed by atoms with E-state index in [0.717, 1.165) is 11.3 Å². The van der Waals surface area contributed by atoms with Gasteiger partial charge in [-0.3, -0.25) is 4.79 Å². The van der Waals surface area contributed by atoms with Gasteiger partial charge >= 0.3 is 0 Å². The molecule has 0 bridgehead atoms. The quantitative estimate of drug-likeness (QED) is 0.902. The van der Waals surface area contributed by atoms with Crippen molar-refractivity contribution in [3.8, 4) is 0 Å². The van der Waals surface area contributed by atoms with Crippen LogP contribution >= 0.6 is 11.6 Å². The first-order chi connectivity index (χ1) is 9.06. The number of rotatable bonds is 4. The molecule has 0 atom stereocenters. The zero-order valence-corrected chi connectivity index (χ0v) is 10.7. The fourth-order valence-corrected chi connectivity index (χ4v) is 1.88. The lowest BCUT2D eigenvalue weighted by molar-refractivity contribution is 0.100. The highest BCUT2D eigenvalue weighted by molar-refractivity contribution is 6.31. The van der Waals surface area contributed by atoms with Crippen LogP contribution in [0, 0.1) is 5.82 Å². The predicted octanol–water partition coefficient (Wildman–Crippen LogP) is 3.19. The highest BCUT2D eigenvalue weighted by atomic mass is 35.5. The van der Waals surface area contributed by atoms with Crippen LogP contribution < -0.4 is 11.1 Å². The van der Waals surface area contributed by atoms with Crippen molar-refractivity contribution in [2.75, 3.05) is 5.32 Å². The number of halogens is 2. The normalized spacial score (nSPS) is 10.2. The van der Waals surface area contributed by atoms with Gasteiger partial charge in [-0.25, -0.2) is 4.39 Å². The first-order valence-corrected chi connectivity index (χ1v) is 6.02. The van der Waals surface area contributed by atoms with Gasteiger partial charge < -0.3 is 11.1 Å². The van der Waals surface area contributed by atoms with E-state index in [2.05, 4.69) is 5.32 Å². The second-order valence-corrected chi connectivity index (χ2v) is 4.44. The zero-order valence-electron chi connectivity index (χ0n) is 9.99. The Morgan fingerprint density at radius 1 is 1.26 bits per heavy atom. The number of amides is 1. The average Bonchev–Trinajstić information content (AvgIpc) is 2.38. The summed E-state index contributed by atoms with van der Waals surface area (Å²) in [5.74, 6) is -0.854. The van der Waals surface area contributed by atoms with E-state index in [0.29, 0.717) is 17.1 Å². The van der Waals surface area contributed by atoms with Gasteiger partial charge in [0.05, 0.1) is 0 Å². The van der Waals surface area contributed by atoms with E-state index in [-0.39, 0.29) is 5.82 Å². The van der Waals surface area contributed by atoms with Crippen LogP contribution in [0.4, 0.5) is 10.1 Å². The number of anilines is 1. The van der Waals surface area contributed by atoms with Gasteiger partial charge in [-0.2, -0.15) is 0 Å². The number of carbonyl (C=O) groups is 1. The molecule has 3 N–H and O–H groups in total. The Kier molecular flexibility index (Phi) is 4.02. The lowest BCUT2D eigenvalue weighted by Gasteiger charge is -2.09. The van der Waals surface area contributed by atoms with Crippen LogP contribution in [0.1, 0.15) is 15.9 Å². The van der Waals surface area contributed by atoms with E-state index in [9.17, 15) is 9.18 Å². The largest absolute Gasteiger partial charge is 0.381 e. The topological polar surface area (TPSA) is 55.1 Å². The van der Waals surface area contributed by atoms with Crippen molar-refractivity contribution in [1.82, 2.24) is 0 Å². The number of nitrogens with one attached hydrogen (secondary N) is 1. The molecule has 0 spiro atoms. The standard InChI is InChI=1S/C14H12ClFN2O/c15-13-7-11(16)5-4-10(13)8-18-12-3-1-2-9(6-12)14(17)19/h1-7,18H,8H2,(H2,17,19). The lowest BCUT2D eigenvalue weighted by Crippen LogP contribution is -2.11. The minimum atomic E-state index is -0.483. The van der Waals surface area contributed by atoms with E-state index in [1.807, 2.05) is 6.07 Å². The van der Waals surface area contributed by atoms with Gasteiger partial charge in [-0.1, -0.05) is 23.7 Å².